The van der Waals surface area contributed by atoms with Crippen molar-refractivity contribution in [3.8, 4) is 0 Å². The Morgan fingerprint density at radius 1 is 1.17 bits per heavy atom. The minimum absolute atomic E-state index is 0.164. The Hall–Kier alpha value is -2.91. The first-order valence-electron chi connectivity index (χ1n) is 10.1. The van der Waals surface area contributed by atoms with Gasteiger partial charge in [0.25, 0.3) is 5.91 Å². The summed E-state index contributed by atoms with van der Waals surface area (Å²) in [7, 11) is 0. The monoisotopic (exact) mass is 392 g/mol. The SMILES string of the molecule is [C-]#[N+]c1ccc(C(=O)Nc2ccc(N3CCC(N4CCCC4C)C3)cc2F)cc1. The Balaban J connectivity index is 1.41. The van der Waals surface area contributed by atoms with Crippen molar-refractivity contribution in [2.75, 3.05) is 29.9 Å². The van der Waals surface area contributed by atoms with E-state index in [4.69, 9.17) is 6.57 Å². The van der Waals surface area contributed by atoms with Crippen molar-refractivity contribution in [1.82, 2.24) is 4.90 Å². The van der Waals surface area contributed by atoms with E-state index in [1.807, 2.05) is 6.07 Å². The van der Waals surface area contributed by atoms with Crippen molar-refractivity contribution in [2.45, 2.75) is 38.3 Å². The summed E-state index contributed by atoms with van der Waals surface area (Å²) in [6, 6.07) is 12.5. The van der Waals surface area contributed by atoms with Gasteiger partial charge in [-0.3, -0.25) is 9.69 Å². The number of benzene rings is 2. The molecule has 4 rings (SSSR count). The fourth-order valence-electron chi connectivity index (χ4n) is 4.43. The van der Waals surface area contributed by atoms with Gasteiger partial charge in [-0.25, -0.2) is 9.24 Å². The second kappa shape index (κ2) is 8.22. The first kappa shape index (κ1) is 19.4. The molecule has 2 unspecified atom stereocenters. The first-order chi connectivity index (χ1) is 14.0. The third-order valence-corrected chi connectivity index (χ3v) is 6.06. The van der Waals surface area contributed by atoms with Crippen LogP contribution >= 0.6 is 0 Å². The summed E-state index contributed by atoms with van der Waals surface area (Å²) in [6.45, 7) is 12.3. The number of hydrogen-bond acceptors (Lipinski definition) is 3. The van der Waals surface area contributed by atoms with Crippen LogP contribution in [0.3, 0.4) is 0 Å². The van der Waals surface area contributed by atoms with E-state index in [0.29, 0.717) is 23.3 Å². The van der Waals surface area contributed by atoms with Gasteiger partial charge in [0.1, 0.15) is 5.82 Å². The third kappa shape index (κ3) is 4.10. The van der Waals surface area contributed by atoms with E-state index in [0.717, 1.165) is 31.7 Å². The molecule has 2 aromatic carbocycles. The minimum atomic E-state index is -0.438. The molecule has 0 bridgehead atoms. The zero-order chi connectivity index (χ0) is 20.4. The molecular formula is C23H25FN4O. The van der Waals surface area contributed by atoms with E-state index in [1.54, 1.807) is 30.3 Å². The van der Waals surface area contributed by atoms with E-state index in [-0.39, 0.29) is 5.69 Å². The van der Waals surface area contributed by atoms with E-state index in [9.17, 15) is 9.18 Å². The molecular weight excluding hydrogens is 367 g/mol. The molecule has 0 aromatic heterocycles. The molecule has 2 fully saturated rings. The summed E-state index contributed by atoms with van der Waals surface area (Å²) in [6.07, 6.45) is 3.63. The fourth-order valence-corrected chi connectivity index (χ4v) is 4.43. The number of nitrogens with zero attached hydrogens (tertiary/aromatic N) is 3. The molecule has 150 valence electrons. The van der Waals surface area contributed by atoms with Gasteiger partial charge in [0.15, 0.2) is 5.69 Å². The van der Waals surface area contributed by atoms with Crippen LogP contribution in [0.25, 0.3) is 4.85 Å². The molecule has 2 heterocycles. The molecule has 2 aromatic rings. The Labute approximate surface area is 170 Å². The highest BCUT2D eigenvalue weighted by molar-refractivity contribution is 6.04. The van der Waals surface area contributed by atoms with Crippen LogP contribution in [0.4, 0.5) is 21.5 Å². The molecule has 0 radical (unpaired) electrons. The van der Waals surface area contributed by atoms with Crippen LogP contribution in [-0.2, 0) is 0 Å². The second-order valence-electron chi connectivity index (χ2n) is 7.89. The first-order valence-corrected chi connectivity index (χ1v) is 10.1. The maximum absolute atomic E-state index is 14.7. The summed E-state index contributed by atoms with van der Waals surface area (Å²) < 4.78 is 14.7. The quantitative estimate of drug-likeness (QED) is 0.768. The highest BCUT2D eigenvalue weighted by Gasteiger charge is 2.33. The third-order valence-electron chi connectivity index (χ3n) is 6.06. The highest BCUT2D eigenvalue weighted by Crippen LogP contribution is 2.30. The molecule has 0 aliphatic carbocycles. The lowest BCUT2D eigenvalue weighted by atomic mass is 10.2. The number of hydrogen-bond donors (Lipinski definition) is 1. The normalized spacial score (nSPS) is 21.9. The van der Waals surface area contributed by atoms with Gasteiger partial charge in [0, 0.05) is 36.4 Å². The lowest BCUT2D eigenvalue weighted by Crippen LogP contribution is -2.39. The molecule has 2 atom stereocenters. The molecule has 2 aliphatic rings. The van der Waals surface area contributed by atoms with Crippen LogP contribution < -0.4 is 10.2 Å². The molecule has 0 saturated carbocycles. The lowest BCUT2D eigenvalue weighted by molar-refractivity contribution is 0.102. The van der Waals surface area contributed by atoms with Gasteiger partial charge >= 0.3 is 0 Å². The topological polar surface area (TPSA) is 39.9 Å². The second-order valence-corrected chi connectivity index (χ2v) is 7.89. The Kier molecular flexibility index (Phi) is 5.50. The van der Waals surface area contributed by atoms with Gasteiger partial charge in [-0.1, -0.05) is 24.3 Å². The number of amides is 1. The molecule has 29 heavy (non-hydrogen) atoms. The Bertz CT molecular complexity index is 937. The predicted octanol–water partition coefficient (Wildman–Crippen LogP) is 4.69. The van der Waals surface area contributed by atoms with Gasteiger partial charge in [-0.05, 0) is 50.9 Å². The molecule has 2 aliphatic heterocycles. The van der Waals surface area contributed by atoms with Crippen LogP contribution in [0.2, 0.25) is 0 Å². The number of carbonyl (C=O) groups is 1. The average Bonchev–Trinajstić information content (AvgIpc) is 3.38. The van der Waals surface area contributed by atoms with Gasteiger partial charge in [0.2, 0.25) is 0 Å². The summed E-state index contributed by atoms with van der Waals surface area (Å²) >= 11 is 0. The molecule has 1 N–H and O–H groups in total. The van der Waals surface area contributed by atoms with Gasteiger partial charge in [0.05, 0.1) is 12.3 Å². The van der Waals surface area contributed by atoms with E-state index in [1.165, 1.54) is 18.9 Å². The van der Waals surface area contributed by atoms with E-state index in [2.05, 4.69) is 26.9 Å². The summed E-state index contributed by atoms with van der Waals surface area (Å²) in [5.74, 6) is -0.830. The van der Waals surface area contributed by atoms with Crippen LogP contribution in [0.5, 0.6) is 0 Å². The average molecular weight is 392 g/mol. The zero-order valence-corrected chi connectivity index (χ0v) is 16.6. The summed E-state index contributed by atoms with van der Waals surface area (Å²) in [5, 5.41) is 2.62. The molecule has 5 nitrogen and oxygen atoms in total. The van der Waals surface area contributed by atoms with Gasteiger partial charge < -0.3 is 10.2 Å². The lowest BCUT2D eigenvalue weighted by Gasteiger charge is -2.28. The largest absolute Gasteiger partial charge is 0.370 e. The molecule has 2 saturated heterocycles. The van der Waals surface area contributed by atoms with Gasteiger partial charge in [-0.2, -0.15) is 0 Å². The Morgan fingerprint density at radius 3 is 2.62 bits per heavy atom. The van der Waals surface area contributed by atoms with Crippen molar-refractivity contribution in [3.05, 3.63) is 65.3 Å². The fraction of sp³-hybridized carbons (Fsp3) is 0.391. The number of halogens is 1. The van der Waals surface area contributed by atoms with Crippen molar-refractivity contribution < 1.29 is 9.18 Å². The van der Waals surface area contributed by atoms with Crippen LogP contribution in [0.15, 0.2) is 42.5 Å². The standard InChI is InChI=1S/C23H25FN4O/c1-16-4-3-12-28(16)20-11-13-27(15-20)19-9-10-22(21(24)14-19)26-23(29)17-5-7-18(25-2)8-6-17/h5-10,14,16,20H,3-4,11-13,15H2,1H3,(H,26,29). The maximum atomic E-state index is 14.7. The highest BCUT2D eigenvalue weighted by atomic mass is 19.1. The van der Waals surface area contributed by atoms with Crippen molar-refractivity contribution >= 4 is 23.0 Å². The van der Waals surface area contributed by atoms with Crippen molar-refractivity contribution in [1.29, 1.82) is 0 Å². The zero-order valence-electron chi connectivity index (χ0n) is 16.6. The molecule has 1 amide bonds. The number of anilines is 2. The Morgan fingerprint density at radius 2 is 1.97 bits per heavy atom. The number of carbonyl (C=O) groups excluding carboxylic acids is 1. The van der Waals surface area contributed by atoms with Gasteiger partial charge in [-0.15, -0.1) is 0 Å². The van der Waals surface area contributed by atoms with Crippen molar-refractivity contribution in [2.24, 2.45) is 0 Å². The van der Waals surface area contributed by atoms with Crippen molar-refractivity contribution in [3.63, 3.8) is 0 Å². The molecule has 0 spiro atoms. The predicted molar refractivity (Wildman–Crippen MR) is 113 cm³/mol. The summed E-state index contributed by atoms with van der Waals surface area (Å²) in [5.41, 5.74) is 1.88. The van der Waals surface area contributed by atoms with E-state index < -0.39 is 11.7 Å². The van der Waals surface area contributed by atoms with Crippen LogP contribution in [-0.4, -0.2) is 42.5 Å². The summed E-state index contributed by atoms with van der Waals surface area (Å²) in [4.78, 5) is 20.5. The minimum Gasteiger partial charge on any atom is -0.370 e. The maximum Gasteiger partial charge on any atom is 0.255 e. The number of rotatable bonds is 4. The smallest absolute Gasteiger partial charge is 0.255 e. The van der Waals surface area contributed by atoms with E-state index >= 15 is 0 Å². The molecule has 6 heteroatoms. The number of nitrogens with one attached hydrogen (secondary N) is 1. The number of likely N-dealkylation sites (tertiary alicyclic amines) is 1. The van der Waals surface area contributed by atoms with Crippen LogP contribution in [0, 0.1) is 12.4 Å². The van der Waals surface area contributed by atoms with Crippen LogP contribution in [0.1, 0.15) is 36.5 Å².